The molecular formula is C37H36ClN4NaO6. The zero-order chi connectivity index (χ0) is 33.9. The maximum atomic E-state index is 13.4. The first-order valence-corrected chi connectivity index (χ1v) is 16.1. The molecule has 0 bridgehead atoms. The molecule has 2 N–H and O–H groups in total. The Morgan fingerprint density at radius 3 is 1.94 bits per heavy atom. The van der Waals surface area contributed by atoms with E-state index in [-0.39, 0.29) is 77.2 Å². The van der Waals surface area contributed by atoms with E-state index in [9.17, 15) is 24.3 Å². The van der Waals surface area contributed by atoms with Crippen molar-refractivity contribution in [2.75, 3.05) is 31.5 Å². The summed E-state index contributed by atoms with van der Waals surface area (Å²) in [7, 11) is 0. The maximum Gasteiger partial charge on any atom is 1.00 e. The largest absolute Gasteiger partial charge is 1.00 e. The van der Waals surface area contributed by atoms with Crippen LogP contribution in [-0.4, -0.2) is 65.9 Å². The topological polar surface area (TPSA) is 131 Å². The summed E-state index contributed by atoms with van der Waals surface area (Å²) in [5, 5.41) is 16.9. The first kappa shape index (κ1) is 37.6. The monoisotopic (exact) mass is 690 g/mol. The summed E-state index contributed by atoms with van der Waals surface area (Å²) in [6, 6.07) is 32.3. The smallest absolute Gasteiger partial charge is 0.545 e. The molecule has 1 unspecified atom stereocenters. The van der Waals surface area contributed by atoms with Gasteiger partial charge in [-0.1, -0.05) is 103 Å². The number of aromatic carboxylic acids is 1. The molecule has 10 nitrogen and oxygen atoms in total. The minimum Gasteiger partial charge on any atom is -0.545 e. The Kier molecular flexibility index (Phi) is 14.2. The first-order valence-electron chi connectivity index (χ1n) is 15.7. The molecule has 4 aromatic rings. The van der Waals surface area contributed by atoms with Gasteiger partial charge in [0, 0.05) is 48.9 Å². The number of carboxylic acids is 1. The zero-order valence-electron chi connectivity index (χ0n) is 27.2. The average molecular weight is 691 g/mol. The van der Waals surface area contributed by atoms with Crippen molar-refractivity contribution in [3.05, 3.63) is 136 Å². The Hall–Kier alpha value is -4.19. The Morgan fingerprint density at radius 1 is 0.796 bits per heavy atom. The predicted molar refractivity (Wildman–Crippen MR) is 180 cm³/mol. The summed E-state index contributed by atoms with van der Waals surface area (Å²) >= 11 is 5.94. The molecule has 1 aliphatic heterocycles. The van der Waals surface area contributed by atoms with Gasteiger partial charge in [-0.3, -0.25) is 14.5 Å². The van der Waals surface area contributed by atoms with Crippen LogP contribution in [0.5, 0.6) is 0 Å². The van der Waals surface area contributed by atoms with Crippen LogP contribution in [0.4, 0.5) is 10.5 Å². The normalized spacial score (nSPS) is 13.6. The van der Waals surface area contributed by atoms with Crippen LogP contribution in [0.25, 0.3) is 0 Å². The fourth-order valence-corrected chi connectivity index (χ4v) is 5.90. The fraction of sp³-hybridized carbons (Fsp3) is 0.243. The third kappa shape index (κ3) is 10.6. The van der Waals surface area contributed by atoms with Crippen molar-refractivity contribution in [1.82, 2.24) is 15.1 Å². The average Bonchev–Trinajstić information content (AvgIpc) is 3.11. The second-order valence-electron chi connectivity index (χ2n) is 11.4. The number of amides is 3. The zero-order valence-corrected chi connectivity index (χ0v) is 30.0. The molecule has 0 aliphatic carbocycles. The summed E-state index contributed by atoms with van der Waals surface area (Å²) < 4.78 is 5.31. The van der Waals surface area contributed by atoms with Crippen LogP contribution >= 0.6 is 11.6 Å². The summed E-state index contributed by atoms with van der Waals surface area (Å²) in [6.45, 7) is 2.27. The molecule has 1 saturated heterocycles. The van der Waals surface area contributed by atoms with E-state index in [2.05, 4.69) is 39.8 Å². The molecule has 12 heteroatoms. The number of benzene rings is 4. The van der Waals surface area contributed by atoms with Gasteiger partial charge >= 0.3 is 35.7 Å². The number of carbonyl (C=O) groups excluding carboxylic acids is 4. The van der Waals surface area contributed by atoms with Crippen LogP contribution in [0.15, 0.2) is 109 Å². The number of rotatable bonds is 12. The van der Waals surface area contributed by atoms with Crippen LogP contribution in [0.3, 0.4) is 0 Å². The maximum absolute atomic E-state index is 13.4. The van der Waals surface area contributed by atoms with Gasteiger partial charge in [-0.2, -0.15) is 0 Å². The van der Waals surface area contributed by atoms with E-state index >= 15 is 0 Å². The number of carboxylic acid groups (broad SMARTS) is 1. The van der Waals surface area contributed by atoms with E-state index in [4.69, 9.17) is 16.3 Å². The molecule has 0 spiro atoms. The van der Waals surface area contributed by atoms with Crippen molar-refractivity contribution in [1.29, 1.82) is 0 Å². The number of halogens is 1. The van der Waals surface area contributed by atoms with Gasteiger partial charge in [0.15, 0.2) is 0 Å². The van der Waals surface area contributed by atoms with Gasteiger partial charge in [-0.15, -0.1) is 0 Å². The van der Waals surface area contributed by atoms with Crippen molar-refractivity contribution in [3.63, 3.8) is 0 Å². The Balaban J connectivity index is 0.00000541. The molecule has 5 rings (SSSR count). The van der Waals surface area contributed by atoms with E-state index in [0.29, 0.717) is 26.2 Å². The van der Waals surface area contributed by atoms with E-state index < -0.39 is 24.0 Å². The van der Waals surface area contributed by atoms with Crippen molar-refractivity contribution in [2.24, 2.45) is 0 Å². The predicted octanol–water partition coefficient (Wildman–Crippen LogP) is 1.66. The number of ether oxygens (including phenoxy) is 1. The van der Waals surface area contributed by atoms with Gasteiger partial charge in [0.05, 0.1) is 12.0 Å². The molecule has 0 aromatic heterocycles. The van der Waals surface area contributed by atoms with E-state index in [1.165, 1.54) is 23.3 Å². The SMILES string of the molecule is O=C(NC(CCC(=O)N1CCN(C(c2ccccc2)c2ccccc2)CC1)C(=O)Nc1ccc(Cl)cc1C(=O)[O-])OCc1ccccc1.[Na+]. The molecule has 0 saturated carbocycles. The van der Waals surface area contributed by atoms with Crippen LogP contribution in [0, 0.1) is 0 Å². The minimum atomic E-state index is -1.53. The third-order valence-corrected chi connectivity index (χ3v) is 8.43. The van der Waals surface area contributed by atoms with Gasteiger partial charge < -0.3 is 30.2 Å². The number of nitrogens with zero attached hydrogens (tertiary/aromatic N) is 2. The molecule has 4 aromatic carbocycles. The minimum absolute atomic E-state index is 0. The van der Waals surface area contributed by atoms with Crippen molar-refractivity contribution < 1.29 is 58.6 Å². The van der Waals surface area contributed by atoms with Gasteiger partial charge in [-0.25, -0.2) is 4.79 Å². The van der Waals surface area contributed by atoms with E-state index in [1.54, 1.807) is 17.0 Å². The van der Waals surface area contributed by atoms with Gasteiger partial charge in [-0.05, 0) is 41.3 Å². The number of piperazine rings is 1. The van der Waals surface area contributed by atoms with Crippen molar-refractivity contribution in [3.8, 4) is 0 Å². The van der Waals surface area contributed by atoms with Crippen LogP contribution in [0.2, 0.25) is 5.02 Å². The number of anilines is 1. The summed E-state index contributed by atoms with van der Waals surface area (Å²) in [6.07, 6.45) is -0.939. The molecule has 248 valence electrons. The summed E-state index contributed by atoms with van der Waals surface area (Å²) in [4.78, 5) is 55.4. The van der Waals surface area contributed by atoms with Crippen LogP contribution in [-0.2, 0) is 20.9 Å². The van der Waals surface area contributed by atoms with Crippen LogP contribution in [0.1, 0.15) is 45.9 Å². The number of hydrogen-bond acceptors (Lipinski definition) is 7. The number of carbonyl (C=O) groups is 4. The Bertz CT molecular complexity index is 1670. The fourth-order valence-electron chi connectivity index (χ4n) is 5.73. The summed E-state index contributed by atoms with van der Waals surface area (Å²) in [5.41, 5.74) is 2.72. The van der Waals surface area contributed by atoms with E-state index in [0.717, 1.165) is 11.6 Å². The quantitative estimate of drug-likeness (QED) is 0.216. The molecule has 49 heavy (non-hydrogen) atoms. The molecule has 1 atom stereocenters. The Morgan fingerprint density at radius 2 is 1.37 bits per heavy atom. The second kappa shape index (κ2) is 18.5. The Labute approximate surface area is 312 Å². The third-order valence-electron chi connectivity index (χ3n) is 8.19. The van der Waals surface area contributed by atoms with Crippen molar-refractivity contribution in [2.45, 2.75) is 31.5 Å². The van der Waals surface area contributed by atoms with E-state index in [1.807, 2.05) is 54.6 Å². The molecule has 3 amide bonds. The molecule has 1 fully saturated rings. The van der Waals surface area contributed by atoms with Gasteiger partial charge in [0.25, 0.3) is 0 Å². The number of hydrogen-bond donors (Lipinski definition) is 2. The molecule has 1 heterocycles. The van der Waals surface area contributed by atoms with Crippen LogP contribution < -0.4 is 45.3 Å². The molecule has 1 aliphatic rings. The first-order chi connectivity index (χ1) is 23.3. The van der Waals surface area contributed by atoms with Crippen molar-refractivity contribution >= 4 is 41.2 Å². The van der Waals surface area contributed by atoms with Gasteiger partial charge in [0.2, 0.25) is 11.8 Å². The van der Waals surface area contributed by atoms with Gasteiger partial charge in [0.1, 0.15) is 12.6 Å². The standard InChI is InChI=1S/C37H37ClN4O6.Na/c38-29-16-17-31(30(24-29)36(45)46)39-35(44)32(40-37(47)48-25-26-10-4-1-5-11-26)18-19-33(43)41-20-22-42(23-21-41)34(27-12-6-2-7-13-27)28-14-8-3-9-15-28;/h1-17,24,32,34H,18-23,25H2,(H,39,44)(H,40,47)(H,45,46);/q;+1/p-1. The number of nitrogens with one attached hydrogen (secondary N) is 2. The summed E-state index contributed by atoms with van der Waals surface area (Å²) in [5.74, 6) is -2.41. The molecular weight excluding hydrogens is 655 g/mol. The second-order valence-corrected chi connectivity index (χ2v) is 11.8. The molecule has 0 radical (unpaired) electrons. The number of alkyl carbamates (subject to hydrolysis) is 1.